The van der Waals surface area contributed by atoms with Crippen molar-refractivity contribution < 1.29 is 5.11 Å². The molecular weight excluding hydrogens is 126 g/mol. The molecule has 0 unspecified atom stereocenters. The highest BCUT2D eigenvalue weighted by molar-refractivity contribution is 4.80. The highest BCUT2D eigenvalue weighted by Crippen LogP contribution is 2.21. The third-order valence-corrected chi connectivity index (χ3v) is 2.66. The Balaban J connectivity index is 2.49. The minimum Gasteiger partial charge on any atom is -0.392 e. The van der Waals surface area contributed by atoms with Gasteiger partial charge in [-0.3, -0.25) is 0 Å². The summed E-state index contributed by atoms with van der Waals surface area (Å²) >= 11 is 0. The lowest BCUT2D eigenvalue weighted by Crippen LogP contribution is -2.46. The summed E-state index contributed by atoms with van der Waals surface area (Å²) in [6.07, 6.45) is 0.863. The molecule has 0 radical (unpaired) electrons. The van der Waals surface area contributed by atoms with Gasteiger partial charge in [0.1, 0.15) is 0 Å². The number of hydrogen-bond donors (Lipinski definition) is 1. The lowest BCUT2D eigenvalue weighted by molar-refractivity contribution is 0.0252. The summed E-state index contributed by atoms with van der Waals surface area (Å²) < 4.78 is 0. The van der Waals surface area contributed by atoms with Crippen molar-refractivity contribution in [2.24, 2.45) is 5.92 Å². The van der Waals surface area contributed by atoms with E-state index in [0.29, 0.717) is 12.0 Å². The van der Waals surface area contributed by atoms with Crippen molar-refractivity contribution in [2.45, 2.75) is 32.4 Å². The van der Waals surface area contributed by atoms with Gasteiger partial charge in [-0.1, -0.05) is 6.92 Å². The van der Waals surface area contributed by atoms with Crippen molar-refractivity contribution >= 4 is 0 Å². The van der Waals surface area contributed by atoms with E-state index in [0.717, 1.165) is 13.0 Å². The zero-order chi connectivity index (χ0) is 7.72. The molecule has 2 heteroatoms. The average molecular weight is 143 g/mol. The fraction of sp³-hybridized carbons (Fsp3) is 1.00. The van der Waals surface area contributed by atoms with Gasteiger partial charge in [0, 0.05) is 12.6 Å². The molecule has 0 aliphatic carbocycles. The maximum Gasteiger partial charge on any atom is 0.0670 e. The number of likely N-dealkylation sites (N-methyl/N-ethyl adjacent to an activating group) is 1. The molecule has 1 rings (SSSR count). The van der Waals surface area contributed by atoms with Crippen LogP contribution in [-0.2, 0) is 0 Å². The van der Waals surface area contributed by atoms with E-state index >= 15 is 0 Å². The molecule has 3 atom stereocenters. The molecule has 0 bridgehead atoms. The van der Waals surface area contributed by atoms with Crippen LogP contribution in [-0.4, -0.2) is 35.7 Å². The molecule has 0 aromatic heterocycles. The number of likely N-dealkylation sites (tertiary alicyclic amines) is 1. The first kappa shape index (κ1) is 8.02. The van der Waals surface area contributed by atoms with Crippen LogP contribution in [0.1, 0.15) is 20.3 Å². The van der Waals surface area contributed by atoms with Gasteiger partial charge in [-0.25, -0.2) is 0 Å². The lowest BCUT2D eigenvalue weighted by atomic mass is 9.91. The van der Waals surface area contributed by atoms with E-state index in [9.17, 15) is 5.11 Å². The molecule has 0 saturated carbocycles. The number of β-amino-alcohol motifs (C(OH)–C–C–N with tert-alkyl or cyclic N) is 1. The fourth-order valence-electron chi connectivity index (χ4n) is 1.63. The predicted molar refractivity (Wildman–Crippen MR) is 41.9 cm³/mol. The molecule has 2 nitrogen and oxygen atoms in total. The summed E-state index contributed by atoms with van der Waals surface area (Å²) in [6, 6.07) is 0.628. The van der Waals surface area contributed by atoms with Crippen molar-refractivity contribution in [3.63, 3.8) is 0 Å². The Hall–Kier alpha value is -0.0800. The topological polar surface area (TPSA) is 23.5 Å². The largest absolute Gasteiger partial charge is 0.392 e. The molecule has 1 saturated heterocycles. The van der Waals surface area contributed by atoms with Crippen LogP contribution in [0.2, 0.25) is 0 Å². The van der Waals surface area contributed by atoms with Crippen LogP contribution in [0.15, 0.2) is 0 Å². The Morgan fingerprint density at radius 3 is 2.50 bits per heavy atom. The number of aliphatic hydroxyl groups excluding tert-OH is 1. The van der Waals surface area contributed by atoms with Crippen molar-refractivity contribution in [3.05, 3.63) is 0 Å². The maximum atomic E-state index is 9.33. The van der Waals surface area contributed by atoms with Crippen molar-refractivity contribution in [2.75, 3.05) is 13.6 Å². The summed E-state index contributed by atoms with van der Waals surface area (Å²) in [5.41, 5.74) is 0. The molecule has 0 aromatic rings. The van der Waals surface area contributed by atoms with Crippen LogP contribution in [0, 0.1) is 5.92 Å². The van der Waals surface area contributed by atoms with E-state index in [2.05, 4.69) is 25.8 Å². The Labute approximate surface area is 62.8 Å². The maximum absolute atomic E-state index is 9.33. The minimum absolute atomic E-state index is 0.101. The van der Waals surface area contributed by atoms with Gasteiger partial charge in [-0.2, -0.15) is 0 Å². The van der Waals surface area contributed by atoms with Gasteiger partial charge in [-0.15, -0.1) is 0 Å². The van der Waals surface area contributed by atoms with E-state index in [-0.39, 0.29) is 6.10 Å². The highest BCUT2D eigenvalue weighted by atomic mass is 16.3. The smallest absolute Gasteiger partial charge is 0.0670 e. The van der Waals surface area contributed by atoms with Crippen LogP contribution in [0.5, 0.6) is 0 Å². The molecule has 1 aliphatic rings. The van der Waals surface area contributed by atoms with E-state index in [1.54, 1.807) is 0 Å². The van der Waals surface area contributed by atoms with Crippen LogP contribution >= 0.6 is 0 Å². The molecule has 0 amide bonds. The number of rotatable bonds is 0. The summed E-state index contributed by atoms with van der Waals surface area (Å²) in [5, 5.41) is 9.33. The SMILES string of the molecule is C[C@@H]1[C@@H](C)C[C@H](O)CN1C. The Morgan fingerprint density at radius 2 is 2.00 bits per heavy atom. The Morgan fingerprint density at radius 1 is 1.40 bits per heavy atom. The second-order valence-electron chi connectivity index (χ2n) is 3.55. The van der Waals surface area contributed by atoms with Gasteiger partial charge in [-0.05, 0) is 26.3 Å². The molecule has 0 aromatic carbocycles. The fourth-order valence-corrected chi connectivity index (χ4v) is 1.63. The molecule has 0 spiro atoms. The van der Waals surface area contributed by atoms with E-state index < -0.39 is 0 Å². The second kappa shape index (κ2) is 2.89. The van der Waals surface area contributed by atoms with Crippen LogP contribution < -0.4 is 0 Å². The predicted octanol–water partition coefficient (Wildman–Crippen LogP) is 0.707. The van der Waals surface area contributed by atoms with Crippen molar-refractivity contribution in [1.29, 1.82) is 0 Å². The molecular formula is C8H17NO. The van der Waals surface area contributed by atoms with Gasteiger partial charge in [0.05, 0.1) is 6.10 Å². The quantitative estimate of drug-likeness (QED) is 0.540. The normalized spacial score (nSPS) is 43.8. The first-order chi connectivity index (χ1) is 4.61. The molecule has 1 fully saturated rings. The lowest BCUT2D eigenvalue weighted by Gasteiger charge is -2.37. The third kappa shape index (κ3) is 1.50. The van der Waals surface area contributed by atoms with Gasteiger partial charge >= 0.3 is 0 Å². The standard InChI is InChI=1S/C8H17NO/c1-6-4-8(10)5-9(3)7(6)2/h6-8,10H,4-5H2,1-3H3/t6-,7+,8-/m0/s1. The summed E-state index contributed by atoms with van der Waals surface area (Å²) in [5.74, 6) is 0.633. The number of aliphatic hydroxyl groups is 1. The molecule has 1 aliphatic heterocycles. The average Bonchev–Trinajstić information content (AvgIpc) is 1.82. The van der Waals surface area contributed by atoms with E-state index in [1.807, 2.05) is 0 Å². The second-order valence-corrected chi connectivity index (χ2v) is 3.55. The molecule has 1 N–H and O–H groups in total. The minimum atomic E-state index is -0.101. The molecule has 1 heterocycles. The van der Waals surface area contributed by atoms with Crippen LogP contribution in [0.3, 0.4) is 0 Å². The van der Waals surface area contributed by atoms with E-state index in [1.165, 1.54) is 0 Å². The summed E-state index contributed by atoms with van der Waals surface area (Å²) in [4.78, 5) is 2.22. The van der Waals surface area contributed by atoms with Gasteiger partial charge in [0.15, 0.2) is 0 Å². The summed E-state index contributed by atoms with van der Waals surface area (Å²) in [7, 11) is 2.07. The zero-order valence-electron chi connectivity index (χ0n) is 7.04. The zero-order valence-corrected chi connectivity index (χ0v) is 7.04. The summed E-state index contributed by atoms with van der Waals surface area (Å²) in [6.45, 7) is 5.26. The first-order valence-corrected chi connectivity index (χ1v) is 3.99. The molecule has 60 valence electrons. The number of hydrogen-bond acceptors (Lipinski definition) is 2. The van der Waals surface area contributed by atoms with Crippen molar-refractivity contribution in [1.82, 2.24) is 4.90 Å². The van der Waals surface area contributed by atoms with Gasteiger partial charge < -0.3 is 10.0 Å². The first-order valence-electron chi connectivity index (χ1n) is 3.99. The van der Waals surface area contributed by atoms with Crippen molar-refractivity contribution in [3.8, 4) is 0 Å². The third-order valence-electron chi connectivity index (χ3n) is 2.66. The van der Waals surface area contributed by atoms with Gasteiger partial charge in [0.25, 0.3) is 0 Å². The Bertz CT molecular complexity index is 104. The number of piperidine rings is 1. The Kier molecular flexibility index (Phi) is 2.32. The van der Waals surface area contributed by atoms with Gasteiger partial charge in [0.2, 0.25) is 0 Å². The highest BCUT2D eigenvalue weighted by Gasteiger charge is 2.26. The molecule has 10 heavy (non-hydrogen) atoms. The monoisotopic (exact) mass is 143 g/mol. The van der Waals surface area contributed by atoms with E-state index in [4.69, 9.17) is 0 Å². The number of nitrogens with zero attached hydrogens (tertiary/aromatic N) is 1. The van der Waals surface area contributed by atoms with Crippen LogP contribution in [0.4, 0.5) is 0 Å². The van der Waals surface area contributed by atoms with Crippen LogP contribution in [0.25, 0.3) is 0 Å².